The van der Waals surface area contributed by atoms with Crippen LogP contribution in [0.1, 0.15) is 40.5 Å². The summed E-state index contributed by atoms with van der Waals surface area (Å²) >= 11 is 0. The topological polar surface area (TPSA) is 24.9 Å². The van der Waals surface area contributed by atoms with Gasteiger partial charge in [0.25, 0.3) is 0 Å². The normalized spacial score (nSPS) is 23.9. The first-order chi connectivity index (χ1) is 10.3. The number of ether oxygens (including phenoxy) is 2. The van der Waals surface area contributed by atoms with Crippen molar-refractivity contribution in [2.24, 2.45) is 5.92 Å². The van der Waals surface area contributed by atoms with Gasteiger partial charge in [-0.25, -0.2) is 9.80 Å². The van der Waals surface area contributed by atoms with Gasteiger partial charge >= 0.3 is 6.17 Å². The van der Waals surface area contributed by atoms with Crippen LogP contribution in [-0.4, -0.2) is 68.1 Å². The summed E-state index contributed by atoms with van der Waals surface area (Å²) in [7, 11) is 3.16. The lowest BCUT2D eigenvalue weighted by Gasteiger charge is -2.51. The molecule has 0 bridgehead atoms. The van der Waals surface area contributed by atoms with E-state index in [1.54, 1.807) is 7.11 Å². The fourth-order valence-electron chi connectivity index (χ4n) is 3.98. The van der Waals surface area contributed by atoms with Crippen LogP contribution in [0.25, 0.3) is 0 Å². The Morgan fingerprint density at radius 1 is 1.18 bits per heavy atom. The first kappa shape index (κ1) is 19.7. The number of hydrogen-bond donors (Lipinski definition) is 0. The quantitative estimate of drug-likeness (QED) is 0.609. The highest BCUT2D eigenvalue weighted by molar-refractivity contribution is 5.03. The molecular formula is C16H32F2N2O2. The summed E-state index contributed by atoms with van der Waals surface area (Å²) in [5, 5.41) is 0. The van der Waals surface area contributed by atoms with Crippen LogP contribution in [-0.2, 0) is 9.47 Å². The van der Waals surface area contributed by atoms with Crippen molar-refractivity contribution in [2.45, 2.75) is 58.3 Å². The highest BCUT2D eigenvalue weighted by Gasteiger charge is 2.59. The summed E-state index contributed by atoms with van der Waals surface area (Å²) < 4.78 is 40.6. The van der Waals surface area contributed by atoms with Crippen LogP contribution in [0.5, 0.6) is 0 Å². The number of halogens is 2. The van der Waals surface area contributed by atoms with Gasteiger partial charge in [0, 0.05) is 33.9 Å². The first-order valence-electron chi connectivity index (χ1n) is 8.25. The van der Waals surface area contributed by atoms with Crippen molar-refractivity contribution in [3.8, 4) is 0 Å². The van der Waals surface area contributed by atoms with Gasteiger partial charge in [0.05, 0.1) is 18.2 Å². The third kappa shape index (κ3) is 3.30. The van der Waals surface area contributed by atoms with Crippen molar-refractivity contribution in [3.63, 3.8) is 0 Å². The molecular weight excluding hydrogens is 290 g/mol. The average molecular weight is 322 g/mol. The molecule has 1 heterocycles. The van der Waals surface area contributed by atoms with Crippen molar-refractivity contribution < 1.29 is 18.3 Å². The van der Waals surface area contributed by atoms with Crippen LogP contribution in [0.15, 0.2) is 0 Å². The molecule has 0 aromatic carbocycles. The fourth-order valence-corrected chi connectivity index (χ4v) is 3.98. The molecule has 2 atom stereocenters. The van der Waals surface area contributed by atoms with Gasteiger partial charge in [0.1, 0.15) is 0 Å². The lowest BCUT2D eigenvalue weighted by molar-refractivity contribution is -0.266. The van der Waals surface area contributed by atoms with Crippen molar-refractivity contribution in [3.05, 3.63) is 0 Å². The van der Waals surface area contributed by atoms with Gasteiger partial charge in [-0.1, -0.05) is 27.7 Å². The molecule has 132 valence electrons. The lowest BCUT2D eigenvalue weighted by Crippen LogP contribution is -2.65. The Bertz CT molecular complexity index is 338. The lowest BCUT2D eigenvalue weighted by atomic mass is 9.76. The molecule has 0 spiro atoms. The second-order valence-corrected chi connectivity index (χ2v) is 6.27. The van der Waals surface area contributed by atoms with E-state index in [4.69, 9.17) is 9.47 Å². The zero-order valence-corrected chi connectivity index (χ0v) is 14.9. The first-order valence-corrected chi connectivity index (χ1v) is 8.25. The number of methoxy groups -OCH3 is 2. The zero-order valence-electron chi connectivity index (χ0n) is 14.9. The van der Waals surface area contributed by atoms with E-state index >= 15 is 8.78 Å². The molecule has 6 heteroatoms. The van der Waals surface area contributed by atoms with E-state index in [0.717, 1.165) is 0 Å². The summed E-state index contributed by atoms with van der Waals surface area (Å²) in [4.78, 5) is 2.59. The fraction of sp³-hybridized carbons (Fsp3) is 1.00. The van der Waals surface area contributed by atoms with E-state index in [1.807, 2.05) is 27.7 Å². The van der Waals surface area contributed by atoms with Crippen molar-refractivity contribution in [1.29, 1.82) is 0 Å². The molecule has 0 aromatic heterocycles. The van der Waals surface area contributed by atoms with Crippen LogP contribution >= 0.6 is 0 Å². The third-order valence-corrected chi connectivity index (χ3v) is 5.15. The summed E-state index contributed by atoms with van der Waals surface area (Å²) in [5.74, 6) is 0.0654. The van der Waals surface area contributed by atoms with Gasteiger partial charge in [0.15, 0.2) is 0 Å². The number of hydrogen-bond acceptors (Lipinski definition) is 4. The smallest absolute Gasteiger partial charge is 0.370 e. The van der Waals surface area contributed by atoms with Gasteiger partial charge in [-0.3, -0.25) is 0 Å². The Kier molecular flexibility index (Phi) is 7.18. The largest absolute Gasteiger partial charge is 0.383 e. The second-order valence-electron chi connectivity index (χ2n) is 6.27. The molecule has 1 saturated heterocycles. The standard InChI is InChI=1S/C16H32F2N2O2/c1-7-14(22-6)15(8-2,13(3)4)20-10-9-19(11-12-21-5)16(20,17)18/h13-14H,7-12H2,1-6H3. The Labute approximate surface area is 133 Å². The Balaban J connectivity index is 3.15. The molecule has 0 aliphatic carbocycles. The summed E-state index contributed by atoms with van der Waals surface area (Å²) in [6.07, 6.45) is -1.84. The minimum Gasteiger partial charge on any atom is -0.383 e. The van der Waals surface area contributed by atoms with Gasteiger partial charge in [-0.05, 0) is 18.8 Å². The molecule has 1 fully saturated rings. The molecule has 2 unspecified atom stereocenters. The van der Waals surface area contributed by atoms with E-state index in [1.165, 1.54) is 16.9 Å². The van der Waals surface area contributed by atoms with Crippen LogP contribution in [0.3, 0.4) is 0 Å². The predicted molar refractivity (Wildman–Crippen MR) is 84.1 cm³/mol. The third-order valence-electron chi connectivity index (χ3n) is 5.15. The minimum atomic E-state index is -2.97. The van der Waals surface area contributed by atoms with Crippen LogP contribution in [0.4, 0.5) is 8.78 Å². The molecule has 1 rings (SSSR count). The van der Waals surface area contributed by atoms with Crippen molar-refractivity contribution in [2.75, 3.05) is 40.5 Å². The van der Waals surface area contributed by atoms with E-state index in [-0.39, 0.29) is 18.6 Å². The SMILES string of the molecule is CCC(OC)C(CC)(C(C)C)N1CCN(CCOC)C1(F)F. The second kappa shape index (κ2) is 7.99. The molecule has 22 heavy (non-hydrogen) atoms. The van der Waals surface area contributed by atoms with Crippen LogP contribution in [0, 0.1) is 5.92 Å². The van der Waals surface area contributed by atoms with Crippen molar-refractivity contribution in [1.82, 2.24) is 9.80 Å². The molecule has 1 aliphatic rings. The molecule has 1 aliphatic heterocycles. The summed E-state index contributed by atoms with van der Waals surface area (Å²) in [6.45, 7) is 9.26. The maximum Gasteiger partial charge on any atom is 0.370 e. The van der Waals surface area contributed by atoms with E-state index in [0.29, 0.717) is 32.5 Å². The molecule has 0 saturated carbocycles. The van der Waals surface area contributed by atoms with Gasteiger partial charge in [-0.15, -0.1) is 0 Å². The van der Waals surface area contributed by atoms with Gasteiger partial charge < -0.3 is 9.47 Å². The molecule has 0 amide bonds. The van der Waals surface area contributed by atoms with Gasteiger partial charge in [0.2, 0.25) is 0 Å². The monoisotopic (exact) mass is 322 g/mol. The number of alkyl halides is 2. The van der Waals surface area contributed by atoms with E-state index < -0.39 is 11.7 Å². The Hall–Kier alpha value is -0.300. The number of rotatable bonds is 9. The van der Waals surface area contributed by atoms with Gasteiger partial charge in [-0.2, -0.15) is 8.78 Å². The highest BCUT2D eigenvalue weighted by Crippen LogP contribution is 2.44. The maximum atomic E-state index is 15.0. The Morgan fingerprint density at radius 3 is 2.23 bits per heavy atom. The average Bonchev–Trinajstić information content (AvgIpc) is 2.77. The predicted octanol–water partition coefficient (Wildman–Crippen LogP) is 3.03. The summed E-state index contributed by atoms with van der Waals surface area (Å²) in [6, 6.07) is 0. The maximum absolute atomic E-state index is 15.0. The van der Waals surface area contributed by atoms with E-state index in [2.05, 4.69) is 0 Å². The van der Waals surface area contributed by atoms with Crippen LogP contribution in [0.2, 0.25) is 0 Å². The molecule has 4 nitrogen and oxygen atoms in total. The summed E-state index contributed by atoms with van der Waals surface area (Å²) in [5.41, 5.74) is -0.672. The zero-order chi connectivity index (χ0) is 17.0. The number of nitrogens with zero attached hydrogens (tertiary/aromatic N) is 2. The van der Waals surface area contributed by atoms with Crippen molar-refractivity contribution >= 4 is 0 Å². The molecule has 0 N–H and O–H groups in total. The highest BCUT2D eigenvalue weighted by atomic mass is 19.3. The van der Waals surface area contributed by atoms with Crippen LogP contribution < -0.4 is 0 Å². The molecule has 0 radical (unpaired) electrons. The minimum absolute atomic E-state index is 0.0654. The Morgan fingerprint density at radius 2 is 1.82 bits per heavy atom. The van der Waals surface area contributed by atoms with E-state index in [9.17, 15) is 0 Å². The molecule has 0 aromatic rings.